The van der Waals surface area contributed by atoms with Crippen LogP contribution in [0, 0.1) is 11.7 Å². The summed E-state index contributed by atoms with van der Waals surface area (Å²) in [6.45, 7) is 2.18. The summed E-state index contributed by atoms with van der Waals surface area (Å²) in [5, 5.41) is 3.64. The van der Waals surface area contributed by atoms with E-state index in [4.69, 9.17) is 4.42 Å². The molecule has 0 unspecified atom stereocenters. The zero-order chi connectivity index (χ0) is 23.7. The number of carbonyl (C=O) groups is 1. The zero-order valence-corrected chi connectivity index (χ0v) is 19.0. The maximum Gasteiger partial charge on any atom is 0.265 e. The third kappa shape index (κ3) is 4.38. The number of rotatable bonds is 5. The van der Waals surface area contributed by atoms with Gasteiger partial charge in [-0.3, -0.25) is 14.2 Å². The van der Waals surface area contributed by atoms with Crippen LogP contribution in [-0.2, 0) is 6.54 Å². The highest BCUT2D eigenvalue weighted by molar-refractivity contribution is 5.97. The van der Waals surface area contributed by atoms with Crippen molar-refractivity contribution < 1.29 is 13.6 Å². The largest absolute Gasteiger partial charge is 0.464 e. The minimum Gasteiger partial charge on any atom is -0.464 e. The number of halogens is 1. The SMILES string of the molecule is CC1CCC(NC(=O)c2cc3cc(-c4ccco4)cnc3n(Cc3ccccc3F)c2=O)CC1. The van der Waals surface area contributed by atoms with E-state index in [0.717, 1.165) is 31.2 Å². The molecule has 0 bridgehead atoms. The molecule has 1 aromatic carbocycles. The standard InChI is InChI=1S/C27H26FN3O3/c1-17-8-10-21(11-9-17)30-26(32)22-14-19-13-20(24-7-4-12-34-24)15-29-25(19)31(27(22)33)16-18-5-2-3-6-23(18)28/h2-7,12-15,17,21H,8-11,16H2,1H3,(H,30,32). The van der Waals surface area contributed by atoms with Crippen molar-refractivity contribution in [2.24, 2.45) is 5.92 Å². The lowest BCUT2D eigenvalue weighted by atomic mass is 9.87. The summed E-state index contributed by atoms with van der Waals surface area (Å²) in [5.41, 5.74) is 0.992. The average Bonchev–Trinajstić information content (AvgIpc) is 3.38. The van der Waals surface area contributed by atoms with Crippen molar-refractivity contribution in [1.82, 2.24) is 14.9 Å². The number of carbonyl (C=O) groups excluding carboxylic acids is 1. The van der Waals surface area contributed by atoms with Crippen LogP contribution in [0.3, 0.4) is 0 Å². The number of benzene rings is 1. The molecule has 34 heavy (non-hydrogen) atoms. The van der Waals surface area contributed by atoms with Gasteiger partial charge in [-0.1, -0.05) is 25.1 Å². The van der Waals surface area contributed by atoms with Crippen molar-refractivity contribution in [2.75, 3.05) is 0 Å². The molecular weight excluding hydrogens is 433 g/mol. The summed E-state index contributed by atoms with van der Waals surface area (Å²) < 4.78 is 21.3. The molecule has 0 spiro atoms. The summed E-state index contributed by atoms with van der Waals surface area (Å²) in [4.78, 5) is 31.2. The molecule has 1 amide bonds. The number of hydrogen-bond donors (Lipinski definition) is 1. The molecule has 4 aromatic rings. The average molecular weight is 460 g/mol. The van der Waals surface area contributed by atoms with Gasteiger partial charge in [0.15, 0.2) is 0 Å². The molecule has 0 atom stereocenters. The molecule has 6 nitrogen and oxygen atoms in total. The van der Waals surface area contributed by atoms with Gasteiger partial charge in [-0.05, 0) is 61.9 Å². The molecule has 0 saturated heterocycles. The molecule has 7 heteroatoms. The van der Waals surface area contributed by atoms with Crippen molar-refractivity contribution in [2.45, 2.75) is 45.2 Å². The molecule has 5 rings (SSSR count). The minimum atomic E-state index is -0.490. The number of pyridine rings is 2. The second-order valence-corrected chi connectivity index (χ2v) is 9.09. The molecule has 3 heterocycles. The first kappa shape index (κ1) is 22.1. The van der Waals surface area contributed by atoms with E-state index < -0.39 is 17.3 Å². The fraction of sp³-hybridized carbons (Fsp3) is 0.296. The number of nitrogens with zero attached hydrogens (tertiary/aromatic N) is 2. The summed E-state index contributed by atoms with van der Waals surface area (Å²) in [7, 11) is 0. The monoisotopic (exact) mass is 459 g/mol. The number of hydrogen-bond acceptors (Lipinski definition) is 4. The van der Waals surface area contributed by atoms with E-state index in [1.54, 1.807) is 42.8 Å². The van der Waals surface area contributed by atoms with E-state index >= 15 is 0 Å². The predicted molar refractivity (Wildman–Crippen MR) is 128 cm³/mol. The van der Waals surface area contributed by atoms with Gasteiger partial charge in [0.1, 0.15) is 22.8 Å². The van der Waals surface area contributed by atoms with Gasteiger partial charge in [0.25, 0.3) is 11.5 Å². The van der Waals surface area contributed by atoms with Crippen molar-refractivity contribution >= 4 is 16.9 Å². The van der Waals surface area contributed by atoms with Crippen LogP contribution in [-0.4, -0.2) is 21.5 Å². The molecule has 3 aromatic heterocycles. The first-order valence-corrected chi connectivity index (χ1v) is 11.6. The summed E-state index contributed by atoms with van der Waals surface area (Å²) in [5.74, 6) is 0.458. The van der Waals surface area contributed by atoms with Crippen LogP contribution in [0.2, 0.25) is 0 Å². The van der Waals surface area contributed by atoms with Crippen molar-refractivity contribution in [3.8, 4) is 11.3 Å². The quantitative estimate of drug-likeness (QED) is 0.448. The Hall–Kier alpha value is -3.74. The number of nitrogens with one attached hydrogen (secondary N) is 1. The third-order valence-corrected chi connectivity index (χ3v) is 6.61. The van der Waals surface area contributed by atoms with Crippen LogP contribution in [0.5, 0.6) is 0 Å². The van der Waals surface area contributed by atoms with Crippen molar-refractivity contribution in [1.29, 1.82) is 0 Å². The van der Waals surface area contributed by atoms with Crippen molar-refractivity contribution in [3.63, 3.8) is 0 Å². The van der Waals surface area contributed by atoms with Gasteiger partial charge >= 0.3 is 0 Å². The molecule has 1 aliphatic carbocycles. The number of aromatic nitrogens is 2. The normalized spacial score (nSPS) is 18.2. The van der Waals surface area contributed by atoms with Crippen LogP contribution < -0.4 is 10.9 Å². The Labute approximate surface area is 196 Å². The second-order valence-electron chi connectivity index (χ2n) is 9.09. The van der Waals surface area contributed by atoms with E-state index in [2.05, 4.69) is 17.2 Å². The third-order valence-electron chi connectivity index (χ3n) is 6.61. The summed E-state index contributed by atoms with van der Waals surface area (Å²) >= 11 is 0. The lowest BCUT2D eigenvalue weighted by Gasteiger charge is -2.27. The molecule has 1 N–H and O–H groups in total. The van der Waals surface area contributed by atoms with Crippen LogP contribution in [0.1, 0.15) is 48.5 Å². The van der Waals surface area contributed by atoms with Gasteiger partial charge in [-0.25, -0.2) is 9.37 Å². The van der Waals surface area contributed by atoms with Crippen LogP contribution in [0.4, 0.5) is 4.39 Å². The predicted octanol–water partition coefficient (Wildman–Crippen LogP) is 5.15. The van der Waals surface area contributed by atoms with Crippen LogP contribution in [0.15, 0.2) is 70.2 Å². The van der Waals surface area contributed by atoms with E-state index in [9.17, 15) is 14.0 Å². The fourth-order valence-corrected chi connectivity index (χ4v) is 4.62. The zero-order valence-electron chi connectivity index (χ0n) is 19.0. The van der Waals surface area contributed by atoms with E-state index in [0.29, 0.717) is 28.3 Å². The maximum absolute atomic E-state index is 14.4. The second kappa shape index (κ2) is 9.25. The highest BCUT2D eigenvalue weighted by Crippen LogP contribution is 2.25. The number of amides is 1. The smallest absolute Gasteiger partial charge is 0.265 e. The molecule has 1 fully saturated rings. The molecule has 1 aliphatic rings. The lowest BCUT2D eigenvalue weighted by Crippen LogP contribution is -2.40. The summed E-state index contributed by atoms with van der Waals surface area (Å²) in [6, 6.07) is 13.3. The fourth-order valence-electron chi connectivity index (χ4n) is 4.62. The Bertz CT molecular complexity index is 1390. The molecular formula is C27H26FN3O3. The molecule has 0 aliphatic heterocycles. The Morgan fingerprint density at radius 2 is 1.94 bits per heavy atom. The number of furan rings is 1. The Kier molecular flexibility index (Phi) is 6.01. The highest BCUT2D eigenvalue weighted by atomic mass is 19.1. The minimum absolute atomic E-state index is 0.0286. The molecule has 174 valence electrons. The van der Waals surface area contributed by atoms with Gasteiger partial charge in [0, 0.05) is 28.8 Å². The van der Waals surface area contributed by atoms with Crippen LogP contribution >= 0.6 is 0 Å². The first-order valence-electron chi connectivity index (χ1n) is 11.6. The van der Waals surface area contributed by atoms with Gasteiger partial charge in [-0.15, -0.1) is 0 Å². The van der Waals surface area contributed by atoms with E-state index in [1.165, 1.54) is 10.6 Å². The van der Waals surface area contributed by atoms with Gasteiger partial charge in [-0.2, -0.15) is 0 Å². The first-order chi connectivity index (χ1) is 16.5. The summed E-state index contributed by atoms with van der Waals surface area (Å²) in [6.07, 6.45) is 7.08. The van der Waals surface area contributed by atoms with Gasteiger partial charge in [0.2, 0.25) is 0 Å². The van der Waals surface area contributed by atoms with Crippen LogP contribution in [0.25, 0.3) is 22.4 Å². The van der Waals surface area contributed by atoms with Crippen molar-refractivity contribution in [3.05, 3.63) is 88.3 Å². The molecule has 0 radical (unpaired) electrons. The van der Waals surface area contributed by atoms with E-state index in [-0.39, 0.29) is 18.2 Å². The van der Waals surface area contributed by atoms with Gasteiger partial charge < -0.3 is 9.73 Å². The topological polar surface area (TPSA) is 77.1 Å². The lowest BCUT2D eigenvalue weighted by molar-refractivity contribution is 0.0921. The number of fused-ring (bicyclic) bond motifs is 1. The molecule has 1 saturated carbocycles. The maximum atomic E-state index is 14.4. The Morgan fingerprint density at radius 3 is 2.68 bits per heavy atom. The van der Waals surface area contributed by atoms with E-state index in [1.807, 2.05) is 12.1 Å². The Morgan fingerprint density at radius 1 is 1.15 bits per heavy atom. The highest BCUT2D eigenvalue weighted by Gasteiger charge is 2.23. The van der Waals surface area contributed by atoms with Gasteiger partial charge in [0.05, 0.1) is 12.8 Å². The Balaban J connectivity index is 1.59.